The Labute approximate surface area is 166 Å². The van der Waals surface area contributed by atoms with E-state index in [1.54, 1.807) is 18.2 Å². The van der Waals surface area contributed by atoms with Gasteiger partial charge in [-0.3, -0.25) is 9.59 Å². The van der Waals surface area contributed by atoms with Gasteiger partial charge in [-0.25, -0.2) is 0 Å². The van der Waals surface area contributed by atoms with Crippen molar-refractivity contribution in [2.45, 2.75) is 51.3 Å². The second-order valence-corrected chi connectivity index (χ2v) is 7.86. The van der Waals surface area contributed by atoms with Crippen molar-refractivity contribution in [3.8, 4) is 11.5 Å². The highest BCUT2D eigenvalue weighted by Crippen LogP contribution is 2.37. The minimum atomic E-state index is -0.617. The van der Waals surface area contributed by atoms with Crippen LogP contribution < -0.4 is 20.1 Å². The number of methoxy groups -OCH3 is 2. The molecular weight excluding hydrogens is 360 g/mol. The Kier molecular flexibility index (Phi) is 6.44. The van der Waals surface area contributed by atoms with Crippen molar-refractivity contribution in [2.75, 3.05) is 20.8 Å². The highest BCUT2D eigenvalue weighted by molar-refractivity contribution is 5.98. The summed E-state index contributed by atoms with van der Waals surface area (Å²) in [5.41, 5.74) is 0.388. The van der Waals surface area contributed by atoms with Gasteiger partial charge in [-0.05, 0) is 37.3 Å². The van der Waals surface area contributed by atoms with E-state index in [1.165, 1.54) is 14.2 Å². The molecule has 0 unspecified atom stereocenters. The molecule has 7 heteroatoms. The average Bonchev–Trinajstić information content (AvgIpc) is 2.69. The van der Waals surface area contributed by atoms with Gasteiger partial charge in [0, 0.05) is 30.2 Å². The van der Waals surface area contributed by atoms with E-state index in [0.717, 1.165) is 25.9 Å². The molecule has 1 aromatic carbocycles. The van der Waals surface area contributed by atoms with Crippen molar-refractivity contribution in [1.82, 2.24) is 10.6 Å². The quantitative estimate of drug-likeness (QED) is 0.745. The number of rotatable bonds is 7. The molecule has 1 saturated heterocycles. The van der Waals surface area contributed by atoms with E-state index >= 15 is 0 Å². The van der Waals surface area contributed by atoms with Gasteiger partial charge in [-0.15, -0.1) is 0 Å². The van der Waals surface area contributed by atoms with Crippen LogP contribution >= 0.6 is 0 Å². The maximum Gasteiger partial charge on any atom is 0.252 e. The van der Waals surface area contributed by atoms with Gasteiger partial charge in [0.1, 0.15) is 17.5 Å². The summed E-state index contributed by atoms with van der Waals surface area (Å²) in [6.07, 6.45) is 3.24. The molecule has 1 aromatic rings. The van der Waals surface area contributed by atoms with Gasteiger partial charge >= 0.3 is 0 Å². The SMILES string of the molecule is COc1cc(OC)cc(C(=O)N[C@H](C(=O)N[C@@H]2C[C@@H]3OCCC[C@@H]32)C(C)C)c1. The number of benzene rings is 1. The van der Waals surface area contributed by atoms with Gasteiger partial charge in [-0.2, -0.15) is 0 Å². The lowest BCUT2D eigenvalue weighted by atomic mass is 9.72. The molecule has 2 N–H and O–H groups in total. The highest BCUT2D eigenvalue weighted by Gasteiger charge is 2.44. The smallest absolute Gasteiger partial charge is 0.252 e. The number of carbonyl (C=O) groups excluding carboxylic acids is 2. The minimum absolute atomic E-state index is 0.0464. The zero-order valence-electron chi connectivity index (χ0n) is 17.0. The highest BCUT2D eigenvalue weighted by atomic mass is 16.5. The van der Waals surface area contributed by atoms with Crippen LogP contribution in [-0.4, -0.2) is 50.8 Å². The number of ether oxygens (including phenoxy) is 3. The van der Waals surface area contributed by atoms with Crippen LogP contribution in [0.5, 0.6) is 11.5 Å². The predicted molar refractivity (Wildman–Crippen MR) is 105 cm³/mol. The second-order valence-electron chi connectivity index (χ2n) is 7.86. The van der Waals surface area contributed by atoms with E-state index < -0.39 is 6.04 Å². The van der Waals surface area contributed by atoms with Crippen LogP contribution in [-0.2, 0) is 9.53 Å². The van der Waals surface area contributed by atoms with Gasteiger partial charge < -0.3 is 24.8 Å². The number of nitrogens with one attached hydrogen (secondary N) is 2. The molecule has 2 aliphatic rings. The van der Waals surface area contributed by atoms with E-state index in [0.29, 0.717) is 23.0 Å². The third-order valence-corrected chi connectivity index (χ3v) is 5.67. The normalized spacial score (nSPS) is 24.5. The van der Waals surface area contributed by atoms with Crippen molar-refractivity contribution in [1.29, 1.82) is 0 Å². The van der Waals surface area contributed by atoms with Crippen LogP contribution in [0.2, 0.25) is 0 Å². The lowest BCUT2D eigenvalue weighted by Crippen LogP contribution is -2.61. The summed E-state index contributed by atoms with van der Waals surface area (Å²) in [7, 11) is 3.06. The molecule has 0 spiro atoms. The lowest BCUT2D eigenvalue weighted by Gasteiger charge is -2.47. The maximum atomic E-state index is 12.9. The molecule has 3 rings (SSSR count). The maximum absolute atomic E-state index is 12.9. The zero-order valence-corrected chi connectivity index (χ0v) is 17.0. The van der Waals surface area contributed by atoms with Gasteiger partial charge in [0.2, 0.25) is 5.91 Å². The first-order valence-corrected chi connectivity index (χ1v) is 9.88. The van der Waals surface area contributed by atoms with Gasteiger partial charge in [0.25, 0.3) is 5.91 Å². The number of hydrogen-bond acceptors (Lipinski definition) is 5. The van der Waals surface area contributed by atoms with Crippen LogP contribution in [0.1, 0.15) is 43.5 Å². The lowest BCUT2D eigenvalue weighted by molar-refractivity contribution is -0.134. The number of fused-ring (bicyclic) bond motifs is 1. The molecule has 1 aliphatic heterocycles. The first kappa shape index (κ1) is 20.5. The molecule has 0 radical (unpaired) electrons. The molecule has 28 heavy (non-hydrogen) atoms. The van der Waals surface area contributed by atoms with Crippen LogP contribution in [0.25, 0.3) is 0 Å². The Morgan fingerprint density at radius 1 is 1.14 bits per heavy atom. The van der Waals surface area contributed by atoms with E-state index in [4.69, 9.17) is 14.2 Å². The summed E-state index contributed by atoms with van der Waals surface area (Å²) in [6.45, 7) is 4.66. The summed E-state index contributed by atoms with van der Waals surface area (Å²) >= 11 is 0. The molecule has 1 aliphatic carbocycles. The first-order valence-electron chi connectivity index (χ1n) is 9.88. The summed E-state index contributed by atoms with van der Waals surface area (Å²) in [5, 5.41) is 5.98. The number of amides is 2. The largest absolute Gasteiger partial charge is 0.497 e. The number of hydrogen-bond donors (Lipinski definition) is 2. The molecule has 2 fully saturated rings. The molecule has 0 aromatic heterocycles. The first-order chi connectivity index (χ1) is 13.4. The molecule has 2 amide bonds. The summed E-state index contributed by atoms with van der Waals surface area (Å²) in [6, 6.07) is 4.47. The van der Waals surface area contributed by atoms with Crippen LogP contribution in [0.15, 0.2) is 18.2 Å². The van der Waals surface area contributed by atoms with E-state index in [-0.39, 0.29) is 29.9 Å². The molecule has 1 saturated carbocycles. The third kappa shape index (κ3) is 4.41. The number of carbonyl (C=O) groups is 2. The fraction of sp³-hybridized carbons (Fsp3) is 0.619. The van der Waals surface area contributed by atoms with Crippen molar-refractivity contribution in [2.24, 2.45) is 11.8 Å². The zero-order chi connectivity index (χ0) is 20.3. The Morgan fingerprint density at radius 3 is 2.39 bits per heavy atom. The second kappa shape index (κ2) is 8.82. The molecule has 4 atom stereocenters. The van der Waals surface area contributed by atoms with Crippen LogP contribution in [0.3, 0.4) is 0 Å². The average molecular weight is 390 g/mol. The Bertz CT molecular complexity index is 698. The van der Waals surface area contributed by atoms with E-state index in [1.807, 2.05) is 13.8 Å². The molecule has 1 heterocycles. The van der Waals surface area contributed by atoms with Gasteiger partial charge in [0.15, 0.2) is 0 Å². The molecule has 7 nitrogen and oxygen atoms in total. The summed E-state index contributed by atoms with van der Waals surface area (Å²) < 4.78 is 16.2. The monoisotopic (exact) mass is 390 g/mol. The fourth-order valence-corrected chi connectivity index (χ4v) is 3.93. The van der Waals surface area contributed by atoms with Crippen LogP contribution in [0, 0.1) is 11.8 Å². The van der Waals surface area contributed by atoms with Crippen molar-refractivity contribution < 1.29 is 23.8 Å². The van der Waals surface area contributed by atoms with Crippen molar-refractivity contribution in [3.63, 3.8) is 0 Å². The summed E-state index contributed by atoms with van der Waals surface area (Å²) in [5.74, 6) is 0.908. The van der Waals surface area contributed by atoms with Gasteiger partial charge in [0.05, 0.1) is 20.3 Å². The molecule has 154 valence electrons. The predicted octanol–water partition coefficient (Wildman–Crippen LogP) is 2.14. The van der Waals surface area contributed by atoms with E-state index in [9.17, 15) is 9.59 Å². The Hall–Kier alpha value is -2.28. The molecule has 0 bridgehead atoms. The Balaban J connectivity index is 1.65. The molecular formula is C21H30N2O5. The van der Waals surface area contributed by atoms with Crippen molar-refractivity contribution >= 4 is 11.8 Å². The Morgan fingerprint density at radius 2 is 1.82 bits per heavy atom. The third-order valence-electron chi connectivity index (χ3n) is 5.67. The fourth-order valence-electron chi connectivity index (χ4n) is 3.93. The minimum Gasteiger partial charge on any atom is -0.497 e. The van der Waals surface area contributed by atoms with Gasteiger partial charge in [-0.1, -0.05) is 13.8 Å². The summed E-state index contributed by atoms with van der Waals surface area (Å²) in [4.78, 5) is 25.6. The van der Waals surface area contributed by atoms with Crippen LogP contribution in [0.4, 0.5) is 0 Å². The topological polar surface area (TPSA) is 85.9 Å². The standard InChI is InChI=1S/C21H30N2O5/c1-12(2)19(21(25)22-17-11-18-16(17)6-5-7-28-18)23-20(24)13-8-14(26-3)10-15(9-13)27-4/h8-10,12,16-19H,5-7,11H2,1-4H3,(H,22,25)(H,23,24)/t16-,17-,18+,19+/m1/s1. The van der Waals surface area contributed by atoms with Crippen molar-refractivity contribution in [3.05, 3.63) is 23.8 Å². The van der Waals surface area contributed by atoms with E-state index in [2.05, 4.69) is 10.6 Å².